The molecule has 0 saturated carbocycles. The van der Waals surface area contributed by atoms with Gasteiger partial charge in [-0.3, -0.25) is 0 Å². The average Bonchev–Trinajstić information content (AvgIpc) is 3.14. The molecule has 2 atom stereocenters. The molecule has 144 valence electrons. The van der Waals surface area contributed by atoms with Crippen LogP contribution >= 0.6 is 12.4 Å². The standard InChI is InChI=1S/C24H24N2O.ClH/c1-25-17-22(27)24(19-11-6-3-7-12-19)26-16-15-20-13-8-14-21(23(20)26)18-9-4-2-5-10-18;/h2-16,22,24-25,27H,17H2,1H3;1H/t22-,24+;/m1./s1. The van der Waals surface area contributed by atoms with Crippen molar-refractivity contribution in [2.75, 3.05) is 13.6 Å². The van der Waals surface area contributed by atoms with Crippen LogP contribution in [0.4, 0.5) is 0 Å². The van der Waals surface area contributed by atoms with Crippen LogP contribution in [0.1, 0.15) is 11.6 Å². The molecule has 0 spiro atoms. The second-order valence-corrected chi connectivity index (χ2v) is 6.81. The predicted octanol–water partition coefficient (Wildman–Crippen LogP) is 4.90. The Labute approximate surface area is 172 Å². The van der Waals surface area contributed by atoms with Gasteiger partial charge in [0, 0.05) is 23.7 Å². The lowest BCUT2D eigenvalue weighted by atomic mass is 9.99. The Kier molecular flexibility index (Phi) is 6.53. The van der Waals surface area contributed by atoms with Gasteiger partial charge in [-0.25, -0.2) is 0 Å². The molecule has 0 fully saturated rings. The molecule has 1 heterocycles. The monoisotopic (exact) mass is 392 g/mol. The van der Waals surface area contributed by atoms with Crippen LogP contribution in [0.25, 0.3) is 22.0 Å². The van der Waals surface area contributed by atoms with E-state index in [9.17, 15) is 5.11 Å². The summed E-state index contributed by atoms with van der Waals surface area (Å²) in [6, 6.07) is 29.0. The largest absolute Gasteiger partial charge is 0.389 e. The Hall–Kier alpha value is -2.59. The van der Waals surface area contributed by atoms with Crippen molar-refractivity contribution in [3.05, 3.63) is 96.7 Å². The highest BCUT2D eigenvalue weighted by Gasteiger charge is 2.24. The van der Waals surface area contributed by atoms with Crippen molar-refractivity contribution in [3.63, 3.8) is 0 Å². The van der Waals surface area contributed by atoms with Crippen LogP contribution in [0.2, 0.25) is 0 Å². The maximum Gasteiger partial charge on any atom is 0.0912 e. The van der Waals surface area contributed by atoms with Crippen molar-refractivity contribution in [1.82, 2.24) is 9.88 Å². The van der Waals surface area contributed by atoms with Gasteiger partial charge < -0.3 is 15.0 Å². The SMILES string of the molecule is CNC[C@@H](O)[C@H](c1ccccc1)n1ccc2cccc(-c3ccccc3)c21.Cl. The van der Waals surface area contributed by atoms with Crippen LogP contribution in [-0.2, 0) is 0 Å². The van der Waals surface area contributed by atoms with Gasteiger partial charge in [0.15, 0.2) is 0 Å². The lowest BCUT2D eigenvalue weighted by Gasteiger charge is -2.27. The van der Waals surface area contributed by atoms with Crippen LogP contribution in [0.15, 0.2) is 91.1 Å². The number of aromatic nitrogens is 1. The van der Waals surface area contributed by atoms with Gasteiger partial charge in [-0.1, -0.05) is 78.9 Å². The van der Waals surface area contributed by atoms with Crippen molar-refractivity contribution < 1.29 is 5.11 Å². The fourth-order valence-electron chi connectivity index (χ4n) is 3.84. The Morgan fingerprint density at radius 3 is 2.21 bits per heavy atom. The lowest BCUT2D eigenvalue weighted by molar-refractivity contribution is 0.132. The molecule has 4 aromatic rings. The molecule has 0 amide bonds. The smallest absolute Gasteiger partial charge is 0.0912 e. The highest BCUT2D eigenvalue weighted by atomic mass is 35.5. The number of nitrogens with one attached hydrogen (secondary N) is 1. The maximum atomic E-state index is 11.0. The molecule has 3 nitrogen and oxygen atoms in total. The van der Waals surface area contributed by atoms with Crippen molar-refractivity contribution in [2.24, 2.45) is 0 Å². The molecular weight excluding hydrogens is 368 g/mol. The molecule has 28 heavy (non-hydrogen) atoms. The van der Waals surface area contributed by atoms with Gasteiger partial charge in [0.25, 0.3) is 0 Å². The summed E-state index contributed by atoms with van der Waals surface area (Å²) in [5, 5.41) is 15.3. The molecule has 0 saturated heterocycles. The van der Waals surface area contributed by atoms with E-state index >= 15 is 0 Å². The Morgan fingerprint density at radius 1 is 0.857 bits per heavy atom. The average molecular weight is 393 g/mol. The number of hydrogen-bond donors (Lipinski definition) is 2. The number of aliphatic hydroxyl groups excluding tert-OH is 1. The summed E-state index contributed by atoms with van der Waals surface area (Å²) in [5.41, 5.74) is 4.60. The molecule has 0 radical (unpaired) electrons. The minimum absolute atomic E-state index is 0. The molecule has 1 aromatic heterocycles. The van der Waals surface area contributed by atoms with E-state index in [-0.39, 0.29) is 18.4 Å². The fraction of sp³-hybridized carbons (Fsp3) is 0.167. The van der Waals surface area contributed by atoms with E-state index in [1.54, 1.807) is 0 Å². The zero-order chi connectivity index (χ0) is 18.6. The van der Waals surface area contributed by atoms with E-state index in [0.717, 1.165) is 11.1 Å². The zero-order valence-electron chi connectivity index (χ0n) is 15.8. The third-order valence-electron chi connectivity index (χ3n) is 5.04. The quantitative estimate of drug-likeness (QED) is 0.489. The number of aliphatic hydroxyl groups is 1. The van der Waals surface area contributed by atoms with Crippen LogP contribution in [0, 0.1) is 0 Å². The van der Waals surface area contributed by atoms with E-state index in [1.807, 2.05) is 31.3 Å². The van der Waals surface area contributed by atoms with Gasteiger partial charge in [0.05, 0.1) is 17.7 Å². The van der Waals surface area contributed by atoms with Crippen LogP contribution < -0.4 is 5.32 Å². The van der Waals surface area contributed by atoms with Gasteiger partial charge in [-0.05, 0) is 24.2 Å². The fourth-order valence-corrected chi connectivity index (χ4v) is 3.84. The van der Waals surface area contributed by atoms with Crippen LogP contribution in [-0.4, -0.2) is 29.4 Å². The molecule has 0 aliphatic rings. The summed E-state index contributed by atoms with van der Waals surface area (Å²) >= 11 is 0. The highest BCUT2D eigenvalue weighted by Crippen LogP contribution is 2.34. The molecular formula is C24H25ClN2O. The van der Waals surface area contributed by atoms with E-state index in [4.69, 9.17) is 0 Å². The topological polar surface area (TPSA) is 37.2 Å². The molecule has 0 unspecified atom stereocenters. The number of likely N-dealkylation sites (N-methyl/N-ethyl adjacent to an activating group) is 1. The summed E-state index contributed by atoms with van der Waals surface area (Å²) in [4.78, 5) is 0. The second-order valence-electron chi connectivity index (χ2n) is 6.81. The third kappa shape index (κ3) is 3.83. The molecule has 4 heteroatoms. The highest BCUT2D eigenvalue weighted by molar-refractivity contribution is 5.95. The third-order valence-corrected chi connectivity index (χ3v) is 5.04. The number of nitrogens with zero attached hydrogens (tertiary/aromatic N) is 1. The number of para-hydroxylation sites is 1. The molecule has 0 aliphatic carbocycles. The minimum atomic E-state index is -0.545. The Balaban J connectivity index is 0.00000225. The van der Waals surface area contributed by atoms with Gasteiger partial charge in [-0.15, -0.1) is 12.4 Å². The van der Waals surface area contributed by atoms with E-state index < -0.39 is 6.10 Å². The van der Waals surface area contributed by atoms with Gasteiger partial charge in [0.2, 0.25) is 0 Å². The first-order valence-corrected chi connectivity index (χ1v) is 9.32. The van der Waals surface area contributed by atoms with Crippen molar-refractivity contribution >= 4 is 23.3 Å². The summed E-state index contributed by atoms with van der Waals surface area (Å²) in [5.74, 6) is 0. The minimum Gasteiger partial charge on any atom is -0.389 e. The summed E-state index contributed by atoms with van der Waals surface area (Å²) in [6.07, 6.45) is 1.55. The van der Waals surface area contributed by atoms with E-state index in [0.29, 0.717) is 6.54 Å². The van der Waals surface area contributed by atoms with Gasteiger partial charge in [0.1, 0.15) is 0 Å². The van der Waals surface area contributed by atoms with Gasteiger partial charge in [-0.2, -0.15) is 0 Å². The molecule has 0 aliphatic heterocycles. The van der Waals surface area contributed by atoms with Crippen LogP contribution in [0.3, 0.4) is 0 Å². The van der Waals surface area contributed by atoms with Crippen molar-refractivity contribution in [2.45, 2.75) is 12.1 Å². The van der Waals surface area contributed by atoms with E-state index in [1.165, 1.54) is 16.5 Å². The lowest BCUT2D eigenvalue weighted by Crippen LogP contribution is -2.33. The number of benzene rings is 3. The zero-order valence-corrected chi connectivity index (χ0v) is 16.6. The normalized spacial score (nSPS) is 13.1. The van der Waals surface area contributed by atoms with Crippen molar-refractivity contribution in [3.8, 4) is 11.1 Å². The summed E-state index contributed by atoms with van der Waals surface area (Å²) in [7, 11) is 1.87. The number of halogens is 1. The Morgan fingerprint density at radius 2 is 1.54 bits per heavy atom. The van der Waals surface area contributed by atoms with Gasteiger partial charge >= 0.3 is 0 Å². The molecule has 2 N–H and O–H groups in total. The molecule has 4 rings (SSSR count). The first-order chi connectivity index (χ1) is 13.3. The van der Waals surface area contributed by atoms with Crippen molar-refractivity contribution in [1.29, 1.82) is 0 Å². The second kappa shape index (κ2) is 9.07. The Bertz CT molecular complexity index is 1010. The summed E-state index contributed by atoms with van der Waals surface area (Å²) in [6.45, 7) is 0.521. The molecule has 0 bridgehead atoms. The number of rotatable bonds is 6. The van der Waals surface area contributed by atoms with Crippen LogP contribution in [0.5, 0.6) is 0 Å². The maximum absolute atomic E-state index is 11.0. The summed E-state index contributed by atoms with van der Waals surface area (Å²) < 4.78 is 2.22. The molecule has 3 aromatic carbocycles. The first-order valence-electron chi connectivity index (χ1n) is 9.32. The first kappa shape index (κ1) is 20.2. The van der Waals surface area contributed by atoms with E-state index in [2.05, 4.69) is 76.7 Å². The predicted molar refractivity (Wildman–Crippen MR) is 119 cm³/mol. The number of fused-ring (bicyclic) bond motifs is 1. The number of hydrogen-bond acceptors (Lipinski definition) is 2.